The molecule has 0 aliphatic rings. The van der Waals surface area contributed by atoms with Crippen LogP contribution in [-0.4, -0.2) is 35.8 Å². The first-order valence-electron chi connectivity index (χ1n) is 8.72. The fraction of sp³-hybridized carbons (Fsp3) is 0.158. The molecule has 0 aliphatic heterocycles. The van der Waals surface area contributed by atoms with Crippen LogP contribution in [0.5, 0.6) is 0 Å². The largest absolute Gasteiger partial charge is 0.352 e. The fourth-order valence-corrected chi connectivity index (χ4v) is 2.58. The van der Waals surface area contributed by atoms with E-state index >= 15 is 0 Å². The van der Waals surface area contributed by atoms with Gasteiger partial charge in [0.15, 0.2) is 5.82 Å². The van der Waals surface area contributed by atoms with Crippen LogP contribution in [0.2, 0.25) is 0 Å². The van der Waals surface area contributed by atoms with Gasteiger partial charge in [-0.2, -0.15) is 10.1 Å². The highest BCUT2D eigenvalue weighted by Gasteiger charge is 2.11. The molecule has 4 rings (SSSR count). The average molecular weight is 375 g/mol. The molecule has 0 bridgehead atoms. The van der Waals surface area contributed by atoms with E-state index in [9.17, 15) is 4.79 Å². The number of amides is 1. The molecule has 1 N–H and O–H groups in total. The normalized spacial score (nSPS) is 10.7. The fourth-order valence-electron chi connectivity index (χ4n) is 2.58. The minimum Gasteiger partial charge on any atom is -0.352 e. The zero-order valence-corrected chi connectivity index (χ0v) is 14.9. The van der Waals surface area contributed by atoms with Gasteiger partial charge in [0.1, 0.15) is 0 Å². The Labute approximate surface area is 160 Å². The van der Waals surface area contributed by atoms with Gasteiger partial charge in [0, 0.05) is 55.9 Å². The predicted octanol–water partition coefficient (Wildman–Crippen LogP) is 1.96. The first-order valence-corrected chi connectivity index (χ1v) is 8.72. The van der Waals surface area contributed by atoms with Crippen molar-refractivity contribution in [3.8, 4) is 17.2 Å². The maximum Gasteiger partial charge on any atom is 0.227 e. The Bertz CT molecular complexity index is 1050. The predicted molar refractivity (Wildman–Crippen MR) is 99.1 cm³/mol. The van der Waals surface area contributed by atoms with Gasteiger partial charge in [-0.05, 0) is 35.9 Å². The van der Waals surface area contributed by atoms with E-state index in [0.29, 0.717) is 30.5 Å². The maximum atomic E-state index is 12.1. The van der Waals surface area contributed by atoms with Crippen molar-refractivity contribution < 1.29 is 9.32 Å². The lowest BCUT2D eigenvalue weighted by atomic mass is 10.2. The summed E-state index contributed by atoms with van der Waals surface area (Å²) >= 11 is 0. The number of rotatable bonds is 7. The first-order chi connectivity index (χ1) is 13.8. The van der Waals surface area contributed by atoms with Crippen LogP contribution in [0.1, 0.15) is 17.9 Å². The molecular weight excluding hydrogens is 358 g/mol. The van der Waals surface area contributed by atoms with Crippen LogP contribution in [-0.2, 0) is 17.8 Å². The lowest BCUT2D eigenvalue weighted by Crippen LogP contribution is -2.23. The highest BCUT2D eigenvalue weighted by molar-refractivity contribution is 5.76. The summed E-state index contributed by atoms with van der Waals surface area (Å²) in [6.07, 6.45) is 9.15. The molecule has 140 valence electrons. The Morgan fingerprint density at radius 1 is 1.18 bits per heavy atom. The third kappa shape index (κ3) is 4.26. The van der Waals surface area contributed by atoms with Crippen molar-refractivity contribution in [2.45, 2.75) is 19.4 Å². The van der Waals surface area contributed by atoms with Gasteiger partial charge in [0.25, 0.3) is 0 Å². The summed E-state index contributed by atoms with van der Waals surface area (Å²) < 4.78 is 6.87. The highest BCUT2D eigenvalue weighted by atomic mass is 16.5. The molecule has 1 amide bonds. The van der Waals surface area contributed by atoms with Crippen molar-refractivity contribution in [3.63, 3.8) is 0 Å². The molecule has 28 heavy (non-hydrogen) atoms. The number of nitrogens with zero attached hydrogens (tertiary/aromatic N) is 6. The van der Waals surface area contributed by atoms with Crippen molar-refractivity contribution in [3.05, 3.63) is 72.8 Å². The number of carbonyl (C=O) groups excluding carboxylic acids is 1. The molecule has 0 aromatic carbocycles. The molecule has 0 saturated carbocycles. The number of nitrogens with one attached hydrogen (secondary N) is 1. The average Bonchev–Trinajstić information content (AvgIpc) is 3.44. The van der Waals surface area contributed by atoms with Crippen LogP contribution in [0.25, 0.3) is 17.2 Å². The Kier molecular flexibility index (Phi) is 5.14. The number of aryl methyl sites for hydroxylation is 1. The second kappa shape index (κ2) is 8.21. The molecule has 0 spiro atoms. The zero-order chi connectivity index (χ0) is 19.2. The lowest BCUT2D eigenvalue weighted by molar-refractivity contribution is -0.121. The maximum absolute atomic E-state index is 12.1. The minimum absolute atomic E-state index is 0.0985. The standard InChI is InChI=1S/C19H17N7O2/c27-17(4-5-18-24-19(25-28-18)15-3-1-7-20-13-15)22-12-14-6-9-21-16(11-14)26-10-2-8-23-26/h1-3,6-11,13H,4-5,12H2,(H,22,27). The van der Waals surface area contributed by atoms with Crippen LogP contribution >= 0.6 is 0 Å². The van der Waals surface area contributed by atoms with E-state index in [-0.39, 0.29) is 12.3 Å². The molecule has 0 unspecified atom stereocenters. The van der Waals surface area contributed by atoms with E-state index in [2.05, 4.69) is 30.5 Å². The van der Waals surface area contributed by atoms with E-state index in [1.807, 2.05) is 30.5 Å². The summed E-state index contributed by atoms with van der Waals surface area (Å²) in [5.74, 6) is 1.48. The van der Waals surface area contributed by atoms with Crippen molar-refractivity contribution in [1.29, 1.82) is 0 Å². The van der Waals surface area contributed by atoms with Crippen LogP contribution in [0.3, 0.4) is 0 Å². The molecule has 0 fully saturated rings. The number of hydrogen-bond donors (Lipinski definition) is 1. The molecule has 0 saturated heterocycles. The lowest BCUT2D eigenvalue weighted by Gasteiger charge is -2.06. The van der Waals surface area contributed by atoms with Gasteiger partial charge in [-0.25, -0.2) is 9.67 Å². The summed E-state index contributed by atoms with van der Waals surface area (Å²) in [5, 5.41) is 11.0. The van der Waals surface area contributed by atoms with Gasteiger partial charge in [-0.15, -0.1) is 0 Å². The summed E-state index contributed by atoms with van der Waals surface area (Å²) in [5.41, 5.74) is 1.71. The molecule has 4 aromatic heterocycles. The number of aromatic nitrogens is 6. The van der Waals surface area contributed by atoms with Gasteiger partial charge < -0.3 is 9.84 Å². The monoisotopic (exact) mass is 375 g/mol. The van der Waals surface area contributed by atoms with Gasteiger partial charge in [-0.3, -0.25) is 9.78 Å². The Morgan fingerprint density at radius 3 is 2.96 bits per heavy atom. The van der Waals surface area contributed by atoms with Gasteiger partial charge in [0.2, 0.25) is 17.6 Å². The van der Waals surface area contributed by atoms with Crippen molar-refractivity contribution in [2.75, 3.05) is 0 Å². The summed E-state index contributed by atoms with van der Waals surface area (Å²) in [7, 11) is 0. The van der Waals surface area contributed by atoms with E-state index < -0.39 is 0 Å². The Morgan fingerprint density at radius 2 is 2.14 bits per heavy atom. The van der Waals surface area contributed by atoms with Gasteiger partial charge in [-0.1, -0.05) is 5.16 Å². The minimum atomic E-state index is -0.0985. The summed E-state index contributed by atoms with van der Waals surface area (Å²) in [6, 6.07) is 9.21. The van der Waals surface area contributed by atoms with Gasteiger partial charge in [0.05, 0.1) is 0 Å². The number of hydrogen-bond acceptors (Lipinski definition) is 7. The van der Waals surface area contributed by atoms with Crippen LogP contribution < -0.4 is 5.32 Å². The van der Waals surface area contributed by atoms with Gasteiger partial charge >= 0.3 is 0 Å². The van der Waals surface area contributed by atoms with Crippen LogP contribution in [0.15, 0.2) is 65.8 Å². The van der Waals surface area contributed by atoms with Crippen molar-refractivity contribution >= 4 is 5.91 Å². The molecule has 4 heterocycles. The Hall–Kier alpha value is -3.88. The Balaban J connectivity index is 1.29. The van der Waals surface area contributed by atoms with E-state index in [1.165, 1.54) is 0 Å². The third-order valence-corrected chi connectivity index (χ3v) is 3.99. The van der Waals surface area contributed by atoms with E-state index in [1.54, 1.807) is 35.5 Å². The van der Waals surface area contributed by atoms with E-state index in [0.717, 1.165) is 11.1 Å². The van der Waals surface area contributed by atoms with Crippen LogP contribution in [0.4, 0.5) is 0 Å². The quantitative estimate of drug-likeness (QED) is 0.525. The summed E-state index contributed by atoms with van der Waals surface area (Å²) in [6.45, 7) is 0.403. The third-order valence-electron chi connectivity index (χ3n) is 3.99. The molecular formula is C19H17N7O2. The number of carbonyl (C=O) groups is 1. The van der Waals surface area contributed by atoms with Crippen LogP contribution in [0, 0.1) is 0 Å². The SMILES string of the molecule is O=C(CCc1nc(-c2cccnc2)no1)NCc1ccnc(-n2cccn2)c1. The molecule has 9 nitrogen and oxygen atoms in total. The van der Waals surface area contributed by atoms with Crippen molar-refractivity contribution in [2.24, 2.45) is 0 Å². The number of pyridine rings is 2. The zero-order valence-electron chi connectivity index (χ0n) is 14.9. The molecule has 0 aliphatic carbocycles. The molecule has 0 radical (unpaired) electrons. The molecule has 4 aromatic rings. The highest BCUT2D eigenvalue weighted by Crippen LogP contribution is 2.14. The summed E-state index contributed by atoms with van der Waals surface area (Å²) in [4.78, 5) is 24.7. The molecule has 9 heteroatoms. The molecule has 0 atom stereocenters. The second-order valence-corrected chi connectivity index (χ2v) is 6.00. The van der Waals surface area contributed by atoms with Crippen molar-refractivity contribution in [1.82, 2.24) is 35.2 Å². The first kappa shape index (κ1) is 17.5. The topological polar surface area (TPSA) is 112 Å². The smallest absolute Gasteiger partial charge is 0.227 e. The van der Waals surface area contributed by atoms with E-state index in [4.69, 9.17) is 4.52 Å². The second-order valence-electron chi connectivity index (χ2n) is 6.00.